The number of amides is 2. The van der Waals surface area contributed by atoms with Gasteiger partial charge in [0.2, 0.25) is 15.9 Å². The molecule has 2 amide bonds. The number of hydrogen-bond donors (Lipinski definition) is 1. The molecule has 0 bridgehead atoms. The number of furan rings is 1. The van der Waals surface area contributed by atoms with Crippen LogP contribution in [0.1, 0.15) is 29.8 Å². The number of halogens is 1. The molecule has 1 spiro atoms. The fourth-order valence-corrected chi connectivity index (χ4v) is 6.87. The van der Waals surface area contributed by atoms with Crippen LogP contribution in [0.4, 0.5) is 0 Å². The molecule has 1 N–H and O–H groups in total. The lowest BCUT2D eigenvalue weighted by atomic mass is 9.78. The van der Waals surface area contributed by atoms with Gasteiger partial charge in [0.25, 0.3) is 5.91 Å². The molecule has 3 heterocycles. The summed E-state index contributed by atoms with van der Waals surface area (Å²) in [6.45, 7) is 1.89. The minimum atomic E-state index is -3.63. The first-order valence-electron chi connectivity index (χ1n) is 11.6. The molecule has 0 unspecified atom stereocenters. The van der Waals surface area contributed by atoms with Crippen molar-refractivity contribution in [3.63, 3.8) is 0 Å². The standard InChI is InChI=1S/C25H26ClN3O5S/c26-21-4-1-3-18-15-19(6-7-20(18)21)35(32,33)29-13-10-25(17-29)8-11-28(12-9-25)23(30)16-27-24(31)22-5-2-14-34-22/h1-7,14-15H,8-13,16-17H2,(H,27,31). The van der Waals surface area contributed by atoms with Crippen LogP contribution in [-0.2, 0) is 14.8 Å². The number of carbonyl (C=O) groups is 2. The Kier molecular flexibility index (Phi) is 6.33. The lowest BCUT2D eigenvalue weighted by Gasteiger charge is -2.39. The van der Waals surface area contributed by atoms with E-state index in [1.54, 1.807) is 39.5 Å². The van der Waals surface area contributed by atoms with Crippen molar-refractivity contribution < 1.29 is 22.4 Å². The van der Waals surface area contributed by atoms with Crippen molar-refractivity contribution >= 4 is 44.2 Å². The number of carbonyl (C=O) groups excluding carboxylic acids is 2. The maximum absolute atomic E-state index is 13.4. The van der Waals surface area contributed by atoms with Gasteiger partial charge in [0.05, 0.1) is 17.7 Å². The van der Waals surface area contributed by atoms with Crippen LogP contribution in [0, 0.1) is 5.41 Å². The quantitative estimate of drug-likeness (QED) is 0.560. The van der Waals surface area contributed by atoms with Gasteiger partial charge in [-0.3, -0.25) is 9.59 Å². The topological polar surface area (TPSA) is 99.9 Å². The van der Waals surface area contributed by atoms with Gasteiger partial charge in [0.15, 0.2) is 5.76 Å². The molecule has 0 radical (unpaired) electrons. The molecule has 0 saturated carbocycles. The van der Waals surface area contributed by atoms with E-state index in [-0.39, 0.29) is 28.5 Å². The molecule has 5 rings (SSSR count). The maximum atomic E-state index is 13.4. The second-order valence-corrected chi connectivity index (χ2v) is 11.6. The van der Waals surface area contributed by atoms with Gasteiger partial charge in [0.1, 0.15) is 0 Å². The van der Waals surface area contributed by atoms with E-state index in [0.717, 1.165) is 30.0 Å². The van der Waals surface area contributed by atoms with Crippen molar-refractivity contribution in [1.82, 2.24) is 14.5 Å². The minimum absolute atomic E-state index is 0.0982. The van der Waals surface area contributed by atoms with Crippen LogP contribution in [0.25, 0.3) is 10.8 Å². The van der Waals surface area contributed by atoms with Crippen molar-refractivity contribution in [1.29, 1.82) is 0 Å². The van der Waals surface area contributed by atoms with Crippen LogP contribution in [0.5, 0.6) is 0 Å². The Bertz CT molecular complexity index is 1370. The number of nitrogens with zero attached hydrogens (tertiary/aromatic N) is 2. The van der Waals surface area contributed by atoms with E-state index in [1.165, 1.54) is 12.3 Å². The summed E-state index contributed by atoms with van der Waals surface area (Å²) in [7, 11) is -3.63. The Balaban J connectivity index is 1.19. The first kappa shape index (κ1) is 23.8. The highest BCUT2D eigenvalue weighted by Crippen LogP contribution is 2.42. The molecule has 2 fully saturated rings. The first-order valence-corrected chi connectivity index (χ1v) is 13.4. The molecule has 3 aromatic rings. The summed E-state index contributed by atoms with van der Waals surface area (Å²) < 4.78 is 33.4. The maximum Gasteiger partial charge on any atom is 0.287 e. The van der Waals surface area contributed by atoms with Crippen LogP contribution in [0.15, 0.2) is 64.1 Å². The number of nitrogens with one attached hydrogen (secondary N) is 1. The Morgan fingerprint density at radius 3 is 2.54 bits per heavy atom. The molecule has 0 atom stereocenters. The largest absolute Gasteiger partial charge is 0.459 e. The van der Waals surface area contributed by atoms with E-state index in [2.05, 4.69) is 5.32 Å². The average molecular weight is 516 g/mol. The van der Waals surface area contributed by atoms with Crippen molar-refractivity contribution in [2.75, 3.05) is 32.7 Å². The summed E-state index contributed by atoms with van der Waals surface area (Å²) in [5.74, 6) is -0.418. The molecule has 35 heavy (non-hydrogen) atoms. The predicted octanol–water partition coefficient (Wildman–Crippen LogP) is 3.52. The van der Waals surface area contributed by atoms with Gasteiger partial charge >= 0.3 is 0 Å². The van der Waals surface area contributed by atoms with Crippen LogP contribution in [-0.4, -0.2) is 62.2 Å². The molecule has 184 valence electrons. The second-order valence-electron chi connectivity index (χ2n) is 9.25. The van der Waals surface area contributed by atoms with E-state index < -0.39 is 15.9 Å². The number of rotatable bonds is 5. The zero-order chi connectivity index (χ0) is 24.6. The number of hydrogen-bond acceptors (Lipinski definition) is 5. The lowest BCUT2D eigenvalue weighted by molar-refractivity contribution is -0.132. The molecule has 2 saturated heterocycles. The lowest BCUT2D eigenvalue weighted by Crippen LogP contribution is -2.47. The fourth-order valence-electron chi connectivity index (χ4n) is 5.03. The molecule has 0 aliphatic carbocycles. The van der Waals surface area contributed by atoms with E-state index in [4.69, 9.17) is 16.0 Å². The summed E-state index contributed by atoms with van der Waals surface area (Å²) >= 11 is 6.23. The van der Waals surface area contributed by atoms with Crippen LogP contribution in [0.2, 0.25) is 5.02 Å². The summed E-state index contributed by atoms with van der Waals surface area (Å²) in [6.07, 6.45) is 3.62. The predicted molar refractivity (Wildman–Crippen MR) is 132 cm³/mol. The fraction of sp³-hybridized carbons (Fsp3) is 0.360. The number of sulfonamides is 1. The van der Waals surface area contributed by atoms with Crippen molar-refractivity contribution in [2.24, 2.45) is 5.41 Å². The van der Waals surface area contributed by atoms with Crippen molar-refractivity contribution in [2.45, 2.75) is 24.2 Å². The Morgan fingerprint density at radius 2 is 1.80 bits per heavy atom. The minimum Gasteiger partial charge on any atom is -0.459 e. The first-order chi connectivity index (χ1) is 16.8. The van der Waals surface area contributed by atoms with Gasteiger partial charge in [0, 0.05) is 36.6 Å². The number of likely N-dealkylation sites (tertiary alicyclic amines) is 1. The highest BCUT2D eigenvalue weighted by atomic mass is 35.5. The van der Waals surface area contributed by atoms with E-state index in [9.17, 15) is 18.0 Å². The zero-order valence-corrected chi connectivity index (χ0v) is 20.6. The Hall–Kier alpha value is -2.88. The van der Waals surface area contributed by atoms with Gasteiger partial charge in [-0.1, -0.05) is 29.8 Å². The Labute approximate surface area is 208 Å². The van der Waals surface area contributed by atoms with Gasteiger partial charge in [-0.05, 0) is 60.4 Å². The third-order valence-electron chi connectivity index (χ3n) is 7.16. The van der Waals surface area contributed by atoms with Gasteiger partial charge in [-0.25, -0.2) is 8.42 Å². The smallest absolute Gasteiger partial charge is 0.287 e. The van der Waals surface area contributed by atoms with Crippen LogP contribution in [0.3, 0.4) is 0 Å². The molecular formula is C25H26ClN3O5S. The summed E-state index contributed by atoms with van der Waals surface area (Å²) in [6, 6.07) is 13.7. The molecule has 2 aromatic carbocycles. The van der Waals surface area contributed by atoms with Crippen molar-refractivity contribution in [3.8, 4) is 0 Å². The third-order valence-corrected chi connectivity index (χ3v) is 9.33. The summed E-state index contributed by atoms with van der Waals surface area (Å²) in [4.78, 5) is 26.6. The third kappa shape index (κ3) is 4.68. The Morgan fingerprint density at radius 1 is 1.03 bits per heavy atom. The van der Waals surface area contributed by atoms with Crippen LogP contribution >= 0.6 is 11.6 Å². The summed E-state index contributed by atoms with van der Waals surface area (Å²) in [5.41, 5.74) is -0.137. The molecule has 2 aliphatic heterocycles. The van der Waals surface area contributed by atoms with Crippen LogP contribution < -0.4 is 5.32 Å². The molecule has 1 aromatic heterocycles. The van der Waals surface area contributed by atoms with Gasteiger partial charge in [-0.2, -0.15) is 4.31 Å². The number of fused-ring (bicyclic) bond motifs is 1. The molecule has 8 nitrogen and oxygen atoms in total. The second kappa shape index (κ2) is 9.29. The zero-order valence-electron chi connectivity index (χ0n) is 19.1. The molecule has 2 aliphatic rings. The van der Waals surface area contributed by atoms with E-state index in [1.807, 2.05) is 12.1 Å². The monoisotopic (exact) mass is 515 g/mol. The highest BCUT2D eigenvalue weighted by molar-refractivity contribution is 7.89. The highest BCUT2D eigenvalue weighted by Gasteiger charge is 2.45. The van der Waals surface area contributed by atoms with Crippen molar-refractivity contribution in [3.05, 3.63) is 65.6 Å². The van der Waals surface area contributed by atoms with Gasteiger partial charge in [-0.15, -0.1) is 0 Å². The average Bonchev–Trinajstić information content (AvgIpc) is 3.54. The number of benzene rings is 2. The summed E-state index contributed by atoms with van der Waals surface area (Å²) in [5, 5.41) is 4.79. The molecular weight excluding hydrogens is 490 g/mol. The normalized spacial score (nSPS) is 18.3. The van der Waals surface area contributed by atoms with E-state index >= 15 is 0 Å². The van der Waals surface area contributed by atoms with Gasteiger partial charge < -0.3 is 14.6 Å². The molecule has 10 heteroatoms. The number of piperidine rings is 1. The van der Waals surface area contributed by atoms with E-state index in [0.29, 0.717) is 31.2 Å². The SMILES string of the molecule is O=C(NCC(=O)N1CCC2(CC1)CCN(S(=O)(=O)c1ccc3c(Cl)cccc3c1)C2)c1ccco1.